The molecular formula is C17H15BrClF. The van der Waals surface area contributed by atoms with Gasteiger partial charge in [0.05, 0.1) is 5.38 Å². The molecule has 0 saturated heterocycles. The molecule has 0 spiro atoms. The number of alkyl halides is 1. The molecule has 0 heterocycles. The second kappa shape index (κ2) is 5.87. The molecule has 1 unspecified atom stereocenters. The Morgan fingerprint density at radius 2 is 1.75 bits per heavy atom. The Bertz CT molecular complexity index is 639. The van der Waals surface area contributed by atoms with E-state index in [1.54, 1.807) is 6.07 Å². The van der Waals surface area contributed by atoms with E-state index in [1.807, 2.05) is 0 Å². The summed E-state index contributed by atoms with van der Waals surface area (Å²) in [6.45, 7) is 0. The quantitative estimate of drug-likeness (QED) is 0.599. The highest BCUT2D eigenvalue weighted by molar-refractivity contribution is 9.10. The first kappa shape index (κ1) is 14.1. The summed E-state index contributed by atoms with van der Waals surface area (Å²) in [4.78, 5) is 0. The van der Waals surface area contributed by atoms with Crippen molar-refractivity contribution >= 4 is 27.5 Å². The number of hydrogen-bond acceptors (Lipinski definition) is 0. The fourth-order valence-corrected chi connectivity index (χ4v) is 3.84. The van der Waals surface area contributed by atoms with Crippen molar-refractivity contribution < 1.29 is 4.39 Å². The summed E-state index contributed by atoms with van der Waals surface area (Å²) in [6, 6.07) is 11.2. The molecule has 20 heavy (non-hydrogen) atoms. The Labute approximate surface area is 132 Å². The zero-order valence-electron chi connectivity index (χ0n) is 11.0. The molecule has 0 aromatic heterocycles. The lowest BCUT2D eigenvalue weighted by Gasteiger charge is -2.19. The second-order valence-corrected chi connectivity index (χ2v) is 6.55. The van der Waals surface area contributed by atoms with Crippen molar-refractivity contribution in [1.29, 1.82) is 0 Å². The van der Waals surface area contributed by atoms with Crippen LogP contribution in [-0.2, 0) is 12.8 Å². The molecule has 2 aromatic rings. The molecule has 0 radical (unpaired) electrons. The number of halogens is 3. The van der Waals surface area contributed by atoms with Crippen LogP contribution < -0.4 is 0 Å². The molecule has 104 valence electrons. The predicted molar refractivity (Wildman–Crippen MR) is 84.9 cm³/mol. The lowest BCUT2D eigenvalue weighted by Crippen LogP contribution is -2.04. The summed E-state index contributed by atoms with van der Waals surface area (Å²) >= 11 is 9.97. The van der Waals surface area contributed by atoms with Crippen molar-refractivity contribution in [2.45, 2.75) is 31.1 Å². The maximum absolute atomic E-state index is 13.2. The van der Waals surface area contributed by atoms with Gasteiger partial charge < -0.3 is 0 Å². The third kappa shape index (κ3) is 2.77. The fourth-order valence-electron chi connectivity index (χ4n) is 2.80. The number of benzene rings is 2. The molecule has 0 bridgehead atoms. The Morgan fingerprint density at radius 1 is 1.00 bits per heavy atom. The van der Waals surface area contributed by atoms with Gasteiger partial charge in [-0.2, -0.15) is 0 Å². The fraction of sp³-hybridized carbons (Fsp3) is 0.294. The minimum atomic E-state index is -0.255. The van der Waals surface area contributed by atoms with E-state index < -0.39 is 0 Å². The monoisotopic (exact) mass is 352 g/mol. The van der Waals surface area contributed by atoms with Gasteiger partial charge in [0.2, 0.25) is 0 Å². The molecule has 3 rings (SSSR count). The first-order chi connectivity index (χ1) is 9.65. The SMILES string of the molecule is Fc1ccc(C(Cl)c2ccc3c(c2)CCCC3)c(Br)c1. The third-order valence-electron chi connectivity index (χ3n) is 3.90. The first-order valence-corrected chi connectivity index (χ1v) is 8.09. The van der Waals surface area contributed by atoms with Gasteiger partial charge >= 0.3 is 0 Å². The van der Waals surface area contributed by atoms with Crippen molar-refractivity contribution in [2.75, 3.05) is 0 Å². The molecule has 0 amide bonds. The summed E-state index contributed by atoms with van der Waals surface area (Å²) in [5, 5.41) is -0.253. The maximum Gasteiger partial charge on any atom is 0.124 e. The highest BCUT2D eigenvalue weighted by Crippen LogP contribution is 2.35. The lowest BCUT2D eigenvalue weighted by atomic mass is 9.89. The van der Waals surface area contributed by atoms with Crippen molar-refractivity contribution in [3.8, 4) is 0 Å². The van der Waals surface area contributed by atoms with Gasteiger partial charge in [-0.1, -0.05) is 40.2 Å². The molecule has 1 atom stereocenters. The number of aryl methyl sites for hydroxylation is 2. The van der Waals surface area contributed by atoms with Crippen LogP contribution in [0.3, 0.4) is 0 Å². The van der Waals surface area contributed by atoms with Crippen LogP contribution in [0.1, 0.15) is 40.5 Å². The smallest absolute Gasteiger partial charge is 0.124 e. The molecule has 0 fully saturated rings. The Morgan fingerprint density at radius 3 is 2.50 bits per heavy atom. The molecule has 1 aliphatic rings. The highest BCUT2D eigenvalue weighted by atomic mass is 79.9. The van der Waals surface area contributed by atoms with Crippen molar-refractivity contribution in [1.82, 2.24) is 0 Å². The van der Waals surface area contributed by atoms with Crippen LogP contribution >= 0.6 is 27.5 Å². The molecule has 1 aliphatic carbocycles. The third-order valence-corrected chi connectivity index (χ3v) is 5.07. The number of fused-ring (bicyclic) bond motifs is 1. The van der Waals surface area contributed by atoms with Crippen LogP contribution in [0.4, 0.5) is 4.39 Å². The largest absolute Gasteiger partial charge is 0.207 e. The minimum absolute atomic E-state index is 0.253. The summed E-state index contributed by atoms with van der Waals surface area (Å²) < 4.78 is 13.9. The lowest BCUT2D eigenvalue weighted by molar-refractivity contribution is 0.626. The van der Waals surface area contributed by atoms with E-state index in [1.165, 1.54) is 42.5 Å². The van der Waals surface area contributed by atoms with E-state index in [0.717, 1.165) is 22.0 Å². The van der Waals surface area contributed by atoms with Crippen LogP contribution in [-0.4, -0.2) is 0 Å². The second-order valence-electron chi connectivity index (χ2n) is 5.26. The summed E-state index contributed by atoms with van der Waals surface area (Å²) in [7, 11) is 0. The van der Waals surface area contributed by atoms with Gasteiger partial charge in [0.1, 0.15) is 5.82 Å². The molecule has 2 aromatic carbocycles. The van der Waals surface area contributed by atoms with Crippen LogP contribution in [0, 0.1) is 5.82 Å². The van der Waals surface area contributed by atoms with E-state index in [-0.39, 0.29) is 11.2 Å². The molecular weight excluding hydrogens is 339 g/mol. The standard InChI is InChI=1S/C17H15BrClF/c18-16-10-14(20)7-8-15(16)17(19)13-6-5-11-3-1-2-4-12(11)9-13/h5-10,17H,1-4H2. The van der Waals surface area contributed by atoms with E-state index >= 15 is 0 Å². The van der Waals surface area contributed by atoms with Gasteiger partial charge in [-0.15, -0.1) is 11.6 Å². The van der Waals surface area contributed by atoms with Gasteiger partial charge in [0.25, 0.3) is 0 Å². The maximum atomic E-state index is 13.2. The predicted octanol–water partition coefficient (Wildman–Crippen LogP) is 5.80. The van der Waals surface area contributed by atoms with Crippen LogP contribution in [0.15, 0.2) is 40.9 Å². The number of hydrogen-bond donors (Lipinski definition) is 0. The van der Waals surface area contributed by atoms with E-state index in [4.69, 9.17) is 11.6 Å². The average molecular weight is 354 g/mol. The summed E-state index contributed by atoms with van der Waals surface area (Å²) in [5.41, 5.74) is 4.85. The topological polar surface area (TPSA) is 0 Å². The summed E-state index contributed by atoms with van der Waals surface area (Å²) in [5.74, 6) is -0.255. The zero-order chi connectivity index (χ0) is 14.1. The van der Waals surface area contributed by atoms with Crippen molar-refractivity contribution in [2.24, 2.45) is 0 Å². The van der Waals surface area contributed by atoms with Gasteiger partial charge in [0.15, 0.2) is 0 Å². The zero-order valence-corrected chi connectivity index (χ0v) is 13.3. The van der Waals surface area contributed by atoms with E-state index in [9.17, 15) is 4.39 Å². The Balaban J connectivity index is 1.95. The first-order valence-electron chi connectivity index (χ1n) is 6.86. The minimum Gasteiger partial charge on any atom is -0.207 e. The van der Waals surface area contributed by atoms with Crippen molar-refractivity contribution in [3.05, 3.63) is 68.9 Å². The Kier molecular flexibility index (Phi) is 4.13. The van der Waals surface area contributed by atoms with Gasteiger partial charge in [-0.25, -0.2) is 4.39 Å². The van der Waals surface area contributed by atoms with Gasteiger partial charge in [0, 0.05) is 4.47 Å². The average Bonchev–Trinajstić information content (AvgIpc) is 2.46. The van der Waals surface area contributed by atoms with E-state index in [0.29, 0.717) is 0 Å². The van der Waals surface area contributed by atoms with Crippen LogP contribution in [0.25, 0.3) is 0 Å². The molecule has 0 saturated carbocycles. The van der Waals surface area contributed by atoms with Crippen LogP contribution in [0.5, 0.6) is 0 Å². The highest BCUT2D eigenvalue weighted by Gasteiger charge is 2.17. The van der Waals surface area contributed by atoms with Crippen molar-refractivity contribution in [3.63, 3.8) is 0 Å². The molecule has 0 aliphatic heterocycles. The molecule has 3 heteroatoms. The normalized spacial score (nSPS) is 15.8. The van der Waals surface area contributed by atoms with Gasteiger partial charge in [-0.05, 0) is 60.1 Å². The molecule has 0 nitrogen and oxygen atoms in total. The number of rotatable bonds is 2. The molecule has 0 N–H and O–H groups in total. The Hall–Kier alpha value is -0.860. The van der Waals surface area contributed by atoms with Crippen LogP contribution in [0.2, 0.25) is 0 Å². The van der Waals surface area contributed by atoms with Gasteiger partial charge in [-0.3, -0.25) is 0 Å². The van der Waals surface area contributed by atoms with E-state index in [2.05, 4.69) is 34.1 Å². The summed E-state index contributed by atoms with van der Waals surface area (Å²) in [6.07, 6.45) is 4.84.